The Morgan fingerprint density at radius 3 is 2.65 bits per heavy atom. The molecule has 0 heterocycles. The molecule has 0 aliphatic heterocycles. The third kappa shape index (κ3) is 2.99. The second-order valence-corrected chi connectivity index (χ2v) is 4.47. The molecule has 1 rings (SSSR count). The minimum atomic E-state index is 0.0729. The number of carbonyl (C=O) groups is 1. The first-order valence-electron chi connectivity index (χ1n) is 6.06. The highest BCUT2D eigenvalue weighted by Gasteiger charge is 2.18. The topological polar surface area (TPSA) is 32.3 Å². The Kier molecular flexibility index (Phi) is 4.55. The van der Waals surface area contributed by atoms with E-state index in [9.17, 15) is 4.79 Å². The third-order valence-corrected chi connectivity index (χ3v) is 3.25. The SMILES string of the molecule is CCC(C)N(C)C(=O)c1ccc(C)cc1NC. The first kappa shape index (κ1) is 13.6. The van der Waals surface area contributed by atoms with Gasteiger partial charge in [0.1, 0.15) is 0 Å². The molecule has 1 amide bonds. The third-order valence-electron chi connectivity index (χ3n) is 3.25. The van der Waals surface area contributed by atoms with Gasteiger partial charge >= 0.3 is 0 Å². The maximum atomic E-state index is 12.3. The Balaban J connectivity index is 3.03. The minimum absolute atomic E-state index is 0.0729. The summed E-state index contributed by atoms with van der Waals surface area (Å²) in [6, 6.07) is 6.12. The van der Waals surface area contributed by atoms with Crippen LogP contribution in [0, 0.1) is 6.92 Å². The molecule has 17 heavy (non-hydrogen) atoms. The molecule has 0 bridgehead atoms. The van der Waals surface area contributed by atoms with Crippen LogP contribution in [0.4, 0.5) is 5.69 Å². The summed E-state index contributed by atoms with van der Waals surface area (Å²) in [5, 5.41) is 3.08. The van der Waals surface area contributed by atoms with Gasteiger partial charge in [0.2, 0.25) is 0 Å². The van der Waals surface area contributed by atoms with Crippen LogP contribution in [0.25, 0.3) is 0 Å². The van der Waals surface area contributed by atoms with Gasteiger partial charge in [-0.15, -0.1) is 0 Å². The number of hydrogen-bond donors (Lipinski definition) is 1. The summed E-state index contributed by atoms with van der Waals surface area (Å²) in [6.45, 7) is 6.17. The number of hydrogen-bond acceptors (Lipinski definition) is 2. The highest BCUT2D eigenvalue weighted by molar-refractivity contribution is 5.99. The molecule has 0 radical (unpaired) electrons. The van der Waals surface area contributed by atoms with Gasteiger partial charge in [-0.2, -0.15) is 0 Å². The van der Waals surface area contributed by atoms with Crippen LogP contribution in [0.1, 0.15) is 36.2 Å². The molecule has 0 spiro atoms. The zero-order valence-corrected chi connectivity index (χ0v) is 11.4. The summed E-state index contributed by atoms with van der Waals surface area (Å²) in [7, 11) is 3.70. The van der Waals surface area contributed by atoms with Crippen molar-refractivity contribution in [2.45, 2.75) is 33.2 Å². The van der Waals surface area contributed by atoms with Gasteiger partial charge in [-0.1, -0.05) is 13.0 Å². The Morgan fingerprint density at radius 1 is 1.47 bits per heavy atom. The second kappa shape index (κ2) is 5.71. The smallest absolute Gasteiger partial charge is 0.255 e. The zero-order valence-electron chi connectivity index (χ0n) is 11.4. The number of aryl methyl sites for hydroxylation is 1. The standard InChI is InChI=1S/C14H22N2O/c1-6-11(3)16(5)14(17)12-8-7-10(2)9-13(12)15-4/h7-9,11,15H,6H2,1-5H3. The average Bonchev–Trinajstić information content (AvgIpc) is 2.35. The van der Waals surface area contributed by atoms with E-state index in [1.54, 1.807) is 4.90 Å². The van der Waals surface area contributed by atoms with E-state index in [2.05, 4.69) is 19.2 Å². The quantitative estimate of drug-likeness (QED) is 0.868. The molecular weight excluding hydrogens is 212 g/mol. The Hall–Kier alpha value is -1.51. The molecule has 0 saturated carbocycles. The molecule has 1 atom stereocenters. The van der Waals surface area contributed by atoms with Crippen molar-refractivity contribution in [1.29, 1.82) is 0 Å². The number of carbonyl (C=O) groups excluding carboxylic acids is 1. The summed E-state index contributed by atoms with van der Waals surface area (Å²) >= 11 is 0. The fourth-order valence-corrected chi connectivity index (χ4v) is 1.72. The maximum absolute atomic E-state index is 12.3. The summed E-state index contributed by atoms with van der Waals surface area (Å²) in [5.41, 5.74) is 2.78. The molecule has 3 heteroatoms. The van der Waals surface area contributed by atoms with E-state index >= 15 is 0 Å². The predicted molar refractivity (Wildman–Crippen MR) is 72.6 cm³/mol. The molecule has 1 aromatic rings. The normalized spacial score (nSPS) is 12.1. The second-order valence-electron chi connectivity index (χ2n) is 4.47. The number of nitrogens with one attached hydrogen (secondary N) is 1. The van der Waals surface area contributed by atoms with Gasteiger partial charge in [-0.05, 0) is 38.0 Å². The van der Waals surface area contributed by atoms with Gasteiger partial charge in [0.15, 0.2) is 0 Å². The molecule has 0 aliphatic carbocycles. The number of rotatable bonds is 4. The van der Waals surface area contributed by atoms with E-state index in [1.165, 1.54) is 0 Å². The lowest BCUT2D eigenvalue weighted by Gasteiger charge is -2.25. The fourth-order valence-electron chi connectivity index (χ4n) is 1.72. The van der Waals surface area contributed by atoms with Crippen molar-refractivity contribution >= 4 is 11.6 Å². The number of amides is 1. The first-order valence-corrected chi connectivity index (χ1v) is 6.06. The van der Waals surface area contributed by atoms with Gasteiger partial charge in [0.25, 0.3) is 5.91 Å². The monoisotopic (exact) mass is 234 g/mol. The maximum Gasteiger partial charge on any atom is 0.255 e. The molecule has 0 aliphatic rings. The number of benzene rings is 1. The lowest BCUT2D eigenvalue weighted by Crippen LogP contribution is -2.34. The van der Waals surface area contributed by atoms with E-state index in [0.717, 1.165) is 23.2 Å². The van der Waals surface area contributed by atoms with Crippen LogP contribution >= 0.6 is 0 Å². The molecule has 1 N–H and O–H groups in total. The van der Waals surface area contributed by atoms with Crippen molar-refractivity contribution in [3.05, 3.63) is 29.3 Å². The first-order chi connectivity index (χ1) is 8.01. The van der Waals surface area contributed by atoms with Gasteiger partial charge in [0, 0.05) is 25.8 Å². The minimum Gasteiger partial charge on any atom is -0.387 e. The molecule has 0 fully saturated rings. The average molecular weight is 234 g/mol. The van der Waals surface area contributed by atoms with E-state index < -0.39 is 0 Å². The zero-order chi connectivity index (χ0) is 13.0. The van der Waals surface area contributed by atoms with Crippen molar-refractivity contribution in [1.82, 2.24) is 4.90 Å². The summed E-state index contributed by atoms with van der Waals surface area (Å²) in [4.78, 5) is 14.1. The van der Waals surface area contributed by atoms with Crippen molar-refractivity contribution < 1.29 is 4.79 Å². The lowest BCUT2D eigenvalue weighted by atomic mass is 10.1. The fraction of sp³-hybridized carbons (Fsp3) is 0.500. The molecule has 1 unspecified atom stereocenters. The van der Waals surface area contributed by atoms with Crippen LogP contribution in [-0.4, -0.2) is 30.9 Å². The van der Waals surface area contributed by atoms with Crippen molar-refractivity contribution in [2.24, 2.45) is 0 Å². The van der Waals surface area contributed by atoms with Crippen molar-refractivity contribution in [2.75, 3.05) is 19.4 Å². The Bertz CT molecular complexity index is 401. The number of anilines is 1. The molecular formula is C14H22N2O. The van der Waals surface area contributed by atoms with Crippen LogP contribution in [0.5, 0.6) is 0 Å². The van der Waals surface area contributed by atoms with Crippen LogP contribution in [0.15, 0.2) is 18.2 Å². The van der Waals surface area contributed by atoms with E-state index in [4.69, 9.17) is 0 Å². The van der Waals surface area contributed by atoms with Gasteiger partial charge < -0.3 is 10.2 Å². The van der Waals surface area contributed by atoms with Crippen LogP contribution in [0.3, 0.4) is 0 Å². The van der Waals surface area contributed by atoms with Crippen LogP contribution in [0.2, 0.25) is 0 Å². The summed E-state index contributed by atoms with van der Waals surface area (Å²) in [6.07, 6.45) is 0.961. The predicted octanol–water partition coefficient (Wildman–Crippen LogP) is 2.91. The van der Waals surface area contributed by atoms with E-state index in [-0.39, 0.29) is 11.9 Å². The highest BCUT2D eigenvalue weighted by atomic mass is 16.2. The van der Waals surface area contributed by atoms with Crippen LogP contribution in [-0.2, 0) is 0 Å². The lowest BCUT2D eigenvalue weighted by molar-refractivity contribution is 0.0741. The number of nitrogens with zero attached hydrogens (tertiary/aromatic N) is 1. The van der Waals surface area contributed by atoms with E-state index in [1.807, 2.05) is 39.2 Å². The summed E-state index contributed by atoms with van der Waals surface area (Å²) in [5.74, 6) is 0.0729. The molecule has 94 valence electrons. The van der Waals surface area contributed by atoms with Gasteiger partial charge in [-0.25, -0.2) is 0 Å². The van der Waals surface area contributed by atoms with Crippen LogP contribution < -0.4 is 5.32 Å². The van der Waals surface area contributed by atoms with E-state index in [0.29, 0.717) is 0 Å². The highest BCUT2D eigenvalue weighted by Crippen LogP contribution is 2.19. The molecule has 0 aromatic heterocycles. The summed E-state index contributed by atoms with van der Waals surface area (Å²) < 4.78 is 0. The molecule has 0 saturated heterocycles. The van der Waals surface area contributed by atoms with Crippen molar-refractivity contribution in [3.63, 3.8) is 0 Å². The Labute approximate surface area is 104 Å². The molecule has 1 aromatic carbocycles. The molecule has 3 nitrogen and oxygen atoms in total. The van der Waals surface area contributed by atoms with Crippen molar-refractivity contribution in [3.8, 4) is 0 Å². The van der Waals surface area contributed by atoms with Gasteiger partial charge in [-0.3, -0.25) is 4.79 Å². The largest absolute Gasteiger partial charge is 0.387 e. The Morgan fingerprint density at radius 2 is 2.12 bits per heavy atom. The van der Waals surface area contributed by atoms with Gasteiger partial charge in [0.05, 0.1) is 5.56 Å².